The van der Waals surface area contributed by atoms with Crippen molar-refractivity contribution in [2.24, 2.45) is 0 Å². The normalized spacial score (nSPS) is 13.5. The molecule has 2 N–H and O–H groups in total. The Kier molecular flexibility index (Phi) is 10.6. The van der Waals surface area contributed by atoms with Crippen LogP contribution >= 0.6 is 0 Å². The second-order valence-electron chi connectivity index (χ2n) is 8.84. The molecule has 3 heterocycles. The van der Waals surface area contributed by atoms with Gasteiger partial charge in [0.05, 0.1) is 16.8 Å². The van der Waals surface area contributed by atoms with Crippen molar-refractivity contribution >= 4 is 34.6 Å². The lowest BCUT2D eigenvalue weighted by atomic mass is 10.1. The lowest BCUT2D eigenvalue weighted by molar-refractivity contribution is -0.193. The largest absolute Gasteiger partial charge is 0.490 e. The fourth-order valence-electron chi connectivity index (χ4n) is 3.62. The molecule has 0 bridgehead atoms. The summed E-state index contributed by atoms with van der Waals surface area (Å²) in [6, 6.07) is 14.2. The molecular formula is C26H26F6N4O5. The molecule has 1 saturated heterocycles. The van der Waals surface area contributed by atoms with Gasteiger partial charge in [-0.25, -0.2) is 14.6 Å². The number of hydrogen-bond donors (Lipinski definition) is 2. The first-order valence-corrected chi connectivity index (χ1v) is 11.9. The second-order valence-corrected chi connectivity index (χ2v) is 8.84. The maximum absolute atomic E-state index is 13.1. The molecule has 3 aromatic rings. The van der Waals surface area contributed by atoms with E-state index in [1.54, 1.807) is 0 Å². The Morgan fingerprint density at radius 3 is 1.80 bits per heavy atom. The molecule has 1 amide bonds. The van der Waals surface area contributed by atoms with Gasteiger partial charge in [-0.1, -0.05) is 17.7 Å². The number of anilines is 1. The summed E-state index contributed by atoms with van der Waals surface area (Å²) in [5, 5.41) is 15.3. The van der Waals surface area contributed by atoms with Gasteiger partial charge in [0.25, 0.3) is 5.91 Å². The number of benzene rings is 1. The molecule has 0 aliphatic carbocycles. The van der Waals surface area contributed by atoms with Gasteiger partial charge in [-0.15, -0.1) is 0 Å². The summed E-state index contributed by atoms with van der Waals surface area (Å²) < 4.78 is 63.5. The zero-order valence-electron chi connectivity index (χ0n) is 22.0. The van der Waals surface area contributed by atoms with Crippen LogP contribution in [0.15, 0.2) is 42.5 Å². The fourth-order valence-corrected chi connectivity index (χ4v) is 3.62. The number of piperazine rings is 1. The number of aryl methyl sites for hydroxylation is 3. The van der Waals surface area contributed by atoms with Crippen molar-refractivity contribution in [2.45, 2.75) is 33.1 Å². The summed E-state index contributed by atoms with van der Waals surface area (Å²) in [6.07, 6.45) is -10.2. The van der Waals surface area contributed by atoms with Gasteiger partial charge in [0.15, 0.2) is 0 Å². The number of aromatic nitrogens is 2. The van der Waals surface area contributed by atoms with Gasteiger partial charge in [0.2, 0.25) is 0 Å². The SMILES string of the molecule is Cc1ccc2nc(C)c(C(=O)N3CCN(c4cccc(C)n4)CC3)cc2c1.O=C(O)C(F)(F)F.O=C(O)C(F)(F)F. The van der Waals surface area contributed by atoms with Gasteiger partial charge in [-0.2, -0.15) is 26.3 Å². The number of carbonyl (C=O) groups excluding carboxylic acids is 1. The molecule has 0 radical (unpaired) electrons. The van der Waals surface area contributed by atoms with Crippen LogP contribution < -0.4 is 4.90 Å². The molecule has 222 valence electrons. The number of fused-ring (bicyclic) bond motifs is 1. The van der Waals surface area contributed by atoms with Crippen molar-refractivity contribution in [3.8, 4) is 0 Å². The van der Waals surface area contributed by atoms with Crippen LogP contribution in [0, 0.1) is 20.8 Å². The monoisotopic (exact) mass is 588 g/mol. The quantitative estimate of drug-likeness (QED) is 0.410. The standard InChI is InChI=1S/C22H24N4O.2C2HF3O2/c1-15-7-8-20-18(13-15)14-19(17(3)24-20)22(27)26-11-9-25(10-12-26)21-6-4-5-16(2)23-21;2*3-2(4,5)1(6)7/h4-8,13-14H,9-12H2,1-3H3;2*(H,6,7). The number of amides is 1. The zero-order chi connectivity index (χ0) is 31.1. The molecule has 4 rings (SSSR count). The number of carbonyl (C=O) groups is 3. The van der Waals surface area contributed by atoms with Crippen LogP contribution in [0.5, 0.6) is 0 Å². The molecule has 0 saturated carbocycles. The smallest absolute Gasteiger partial charge is 0.475 e. The Hall–Kier alpha value is -4.43. The number of pyridine rings is 2. The molecule has 1 fully saturated rings. The van der Waals surface area contributed by atoms with Crippen LogP contribution in [0.4, 0.5) is 32.2 Å². The summed E-state index contributed by atoms with van der Waals surface area (Å²) in [5.74, 6) is -4.46. The molecule has 1 aromatic carbocycles. The van der Waals surface area contributed by atoms with Crippen molar-refractivity contribution < 1.29 is 50.9 Å². The van der Waals surface area contributed by atoms with E-state index < -0.39 is 24.3 Å². The summed E-state index contributed by atoms with van der Waals surface area (Å²) in [4.78, 5) is 44.3. The van der Waals surface area contributed by atoms with Crippen molar-refractivity contribution in [3.05, 3.63) is 65.0 Å². The van der Waals surface area contributed by atoms with E-state index in [9.17, 15) is 31.1 Å². The third-order valence-corrected chi connectivity index (χ3v) is 5.64. The summed E-state index contributed by atoms with van der Waals surface area (Å²) >= 11 is 0. The molecule has 1 aliphatic rings. The van der Waals surface area contributed by atoms with Crippen LogP contribution in [0.3, 0.4) is 0 Å². The van der Waals surface area contributed by atoms with Crippen molar-refractivity contribution in [3.63, 3.8) is 0 Å². The van der Waals surface area contributed by atoms with E-state index in [0.717, 1.165) is 41.2 Å². The highest BCUT2D eigenvalue weighted by Gasteiger charge is 2.38. The Morgan fingerprint density at radius 1 is 0.780 bits per heavy atom. The first kappa shape index (κ1) is 32.8. The first-order chi connectivity index (χ1) is 18.9. The highest BCUT2D eigenvalue weighted by molar-refractivity contribution is 5.98. The predicted molar refractivity (Wildman–Crippen MR) is 136 cm³/mol. The van der Waals surface area contributed by atoms with E-state index in [-0.39, 0.29) is 5.91 Å². The third kappa shape index (κ3) is 9.61. The van der Waals surface area contributed by atoms with Gasteiger partial charge in [-0.05, 0) is 51.1 Å². The number of alkyl halides is 6. The van der Waals surface area contributed by atoms with E-state index in [0.29, 0.717) is 18.7 Å². The van der Waals surface area contributed by atoms with E-state index in [1.165, 1.54) is 5.56 Å². The minimum Gasteiger partial charge on any atom is -0.475 e. The fraction of sp³-hybridized carbons (Fsp3) is 0.346. The average Bonchev–Trinajstić information content (AvgIpc) is 2.88. The van der Waals surface area contributed by atoms with Crippen LogP contribution in [0.1, 0.15) is 27.3 Å². The average molecular weight is 589 g/mol. The third-order valence-electron chi connectivity index (χ3n) is 5.64. The number of halogens is 6. The van der Waals surface area contributed by atoms with E-state index in [2.05, 4.69) is 33.9 Å². The number of rotatable bonds is 2. The molecule has 2 aromatic heterocycles. The minimum atomic E-state index is -5.08. The van der Waals surface area contributed by atoms with Crippen molar-refractivity contribution in [2.75, 3.05) is 31.1 Å². The maximum atomic E-state index is 13.1. The number of hydrogen-bond acceptors (Lipinski definition) is 6. The summed E-state index contributed by atoms with van der Waals surface area (Å²) in [6.45, 7) is 8.95. The molecule has 15 heteroatoms. The highest BCUT2D eigenvalue weighted by atomic mass is 19.4. The Morgan fingerprint density at radius 2 is 1.32 bits per heavy atom. The Labute approximate surface area is 230 Å². The van der Waals surface area contributed by atoms with E-state index in [1.807, 2.05) is 49.1 Å². The van der Waals surface area contributed by atoms with E-state index >= 15 is 0 Å². The molecule has 0 unspecified atom stereocenters. The number of carboxylic acid groups (broad SMARTS) is 2. The first-order valence-electron chi connectivity index (χ1n) is 11.9. The lowest BCUT2D eigenvalue weighted by Crippen LogP contribution is -2.49. The van der Waals surface area contributed by atoms with Gasteiger partial charge in [0, 0.05) is 37.3 Å². The number of aliphatic carboxylic acids is 2. The van der Waals surface area contributed by atoms with Gasteiger partial charge in [-0.3, -0.25) is 9.78 Å². The Bertz CT molecular complexity index is 1380. The summed E-state index contributed by atoms with van der Waals surface area (Å²) in [7, 11) is 0. The van der Waals surface area contributed by atoms with E-state index in [4.69, 9.17) is 19.8 Å². The highest BCUT2D eigenvalue weighted by Crippen LogP contribution is 2.21. The topological polar surface area (TPSA) is 124 Å². The van der Waals surface area contributed by atoms with Crippen LogP contribution in [-0.4, -0.2) is 81.5 Å². The molecule has 0 spiro atoms. The van der Waals surface area contributed by atoms with Crippen molar-refractivity contribution in [1.29, 1.82) is 0 Å². The van der Waals surface area contributed by atoms with Crippen molar-refractivity contribution in [1.82, 2.24) is 14.9 Å². The maximum Gasteiger partial charge on any atom is 0.490 e. The molecule has 0 atom stereocenters. The van der Waals surface area contributed by atoms with Gasteiger partial charge >= 0.3 is 24.3 Å². The van der Waals surface area contributed by atoms with Gasteiger partial charge in [0.1, 0.15) is 5.82 Å². The second kappa shape index (κ2) is 13.3. The molecule has 9 nitrogen and oxygen atoms in total. The molecule has 41 heavy (non-hydrogen) atoms. The number of nitrogens with zero attached hydrogens (tertiary/aromatic N) is 4. The molecule has 1 aliphatic heterocycles. The van der Waals surface area contributed by atoms with Crippen LogP contribution in [0.2, 0.25) is 0 Å². The predicted octanol–water partition coefficient (Wildman–Crippen LogP) is 4.78. The zero-order valence-corrected chi connectivity index (χ0v) is 22.0. The number of carboxylic acids is 2. The summed E-state index contributed by atoms with van der Waals surface area (Å²) in [5.41, 5.74) is 4.62. The lowest BCUT2D eigenvalue weighted by Gasteiger charge is -2.35. The Balaban J connectivity index is 0.000000349. The van der Waals surface area contributed by atoms with Crippen LogP contribution in [0.25, 0.3) is 10.9 Å². The minimum absolute atomic E-state index is 0.0697. The molecular weight excluding hydrogens is 562 g/mol. The van der Waals surface area contributed by atoms with Crippen LogP contribution in [-0.2, 0) is 9.59 Å². The van der Waals surface area contributed by atoms with Gasteiger partial charge < -0.3 is 20.0 Å².